The number of hydrogen-bond donors (Lipinski definition) is 2. The fourth-order valence-corrected chi connectivity index (χ4v) is 2.42. The molecule has 1 aliphatic rings. The molecular formula is C13H16Cl2N2O2. The van der Waals surface area contributed by atoms with E-state index < -0.39 is 5.41 Å². The van der Waals surface area contributed by atoms with Crippen LogP contribution in [0.3, 0.4) is 0 Å². The zero-order valence-corrected chi connectivity index (χ0v) is 12.3. The molecule has 1 aromatic rings. The number of amides is 1. The molecule has 4 nitrogen and oxygen atoms in total. The average Bonchev–Trinajstić information content (AvgIpc) is 2.71. The van der Waals surface area contributed by atoms with Gasteiger partial charge in [-0.25, -0.2) is 0 Å². The number of hydrogen-bond acceptors (Lipinski definition) is 3. The van der Waals surface area contributed by atoms with E-state index in [1.165, 1.54) is 0 Å². The third-order valence-electron chi connectivity index (χ3n) is 3.56. The molecule has 0 saturated carbocycles. The molecule has 0 aliphatic carbocycles. The van der Waals surface area contributed by atoms with Gasteiger partial charge >= 0.3 is 0 Å². The Balaban J connectivity index is 2.27. The van der Waals surface area contributed by atoms with Crippen molar-refractivity contribution in [3.63, 3.8) is 0 Å². The lowest BCUT2D eigenvalue weighted by Crippen LogP contribution is -2.47. The molecule has 0 aromatic heterocycles. The highest BCUT2D eigenvalue weighted by molar-refractivity contribution is 6.40. The first-order chi connectivity index (χ1) is 8.86. The van der Waals surface area contributed by atoms with Crippen LogP contribution in [0.1, 0.15) is 12.5 Å². The van der Waals surface area contributed by atoms with E-state index in [-0.39, 0.29) is 11.9 Å². The summed E-state index contributed by atoms with van der Waals surface area (Å²) in [5.74, 6) is -0.230. The van der Waals surface area contributed by atoms with Crippen LogP contribution in [-0.4, -0.2) is 25.2 Å². The average molecular weight is 303 g/mol. The van der Waals surface area contributed by atoms with Gasteiger partial charge in [-0.2, -0.15) is 0 Å². The summed E-state index contributed by atoms with van der Waals surface area (Å²) in [4.78, 5) is 12.4. The van der Waals surface area contributed by atoms with E-state index >= 15 is 0 Å². The fraction of sp³-hybridized carbons (Fsp3) is 0.462. The summed E-state index contributed by atoms with van der Waals surface area (Å²) in [5, 5.41) is 3.61. The third kappa shape index (κ3) is 2.58. The van der Waals surface area contributed by atoms with Gasteiger partial charge in [0.25, 0.3) is 0 Å². The molecule has 104 valence electrons. The molecule has 1 saturated heterocycles. The minimum atomic E-state index is -0.767. The van der Waals surface area contributed by atoms with Gasteiger partial charge in [0, 0.05) is 6.04 Å². The van der Waals surface area contributed by atoms with Gasteiger partial charge in [0.05, 0.1) is 34.4 Å². The van der Waals surface area contributed by atoms with E-state index in [1.54, 1.807) is 19.1 Å². The van der Waals surface area contributed by atoms with Crippen LogP contribution in [0, 0.1) is 12.3 Å². The van der Waals surface area contributed by atoms with Crippen molar-refractivity contribution in [3.8, 4) is 0 Å². The maximum Gasteiger partial charge on any atom is 0.234 e. The molecule has 0 radical (unpaired) electrons. The lowest BCUT2D eigenvalue weighted by molar-refractivity contribution is -0.125. The Morgan fingerprint density at radius 1 is 1.53 bits per heavy atom. The standard InChI is InChI=1S/C13H16Cl2N2O2/c1-7-3-4-8(14)11(10(7)15)17-12(18)13(2)6-19-5-9(13)16/h3-4,9H,5-6,16H2,1-2H3,(H,17,18). The number of halogens is 2. The molecule has 1 amide bonds. The van der Waals surface area contributed by atoms with E-state index in [0.717, 1.165) is 5.56 Å². The van der Waals surface area contributed by atoms with Gasteiger partial charge in [-0.3, -0.25) is 4.79 Å². The molecule has 1 aromatic carbocycles. The molecule has 0 spiro atoms. The molecule has 1 fully saturated rings. The van der Waals surface area contributed by atoms with Gasteiger partial charge < -0.3 is 15.8 Å². The smallest absolute Gasteiger partial charge is 0.234 e. The van der Waals surface area contributed by atoms with Gasteiger partial charge in [0.15, 0.2) is 0 Å². The quantitative estimate of drug-likeness (QED) is 0.882. The summed E-state index contributed by atoms with van der Waals surface area (Å²) in [7, 11) is 0. The van der Waals surface area contributed by atoms with Gasteiger partial charge in [0.1, 0.15) is 0 Å². The van der Waals surface area contributed by atoms with Crippen LogP contribution in [0.15, 0.2) is 12.1 Å². The fourth-order valence-electron chi connectivity index (χ4n) is 1.95. The Kier molecular flexibility index (Phi) is 4.06. The Hall–Kier alpha value is -0.810. The molecule has 3 N–H and O–H groups in total. The Labute approximate surface area is 122 Å². The van der Waals surface area contributed by atoms with Gasteiger partial charge in [0.2, 0.25) is 5.91 Å². The highest BCUT2D eigenvalue weighted by Crippen LogP contribution is 2.35. The zero-order chi connectivity index (χ0) is 14.2. The first-order valence-corrected chi connectivity index (χ1v) is 6.71. The van der Waals surface area contributed by atoms with Crippen molar-refractivity contribution >= 4 is 34.8 Å². The normalized spacial score (nSPS) is 26.5. The Bertz CT molecular complexity index is 522. The van der Waals surface area contributed by atoms with Crippen molar-refractivity contribution in [1.29, 1.82) is 0 Å². The van der Waals surface area contributed by atoms with Crippen molar-refractivity contribution in [2.45, 2.75) is 19.9 Å². The maximum absolute atomic E-state index is 12.4. The lowest BCUT2D eigenvalue weighted by atomic mass is 9.85. The minimum absolute atomic E-state index is 0.230. The second kappa shape index (κ2) is 5.29. The van der Waals surface area contributed by atoms with Crippen LogP contribution in [0.4, 0.5) is 5.69 Å². The number of aryl methyl sites for hydroxylation is 1. The molecular weight excluding hydrogens is 287 g/mol. The second-order valence-corrected chi connectivity index (χ2v) is 5.83. The van der Waals surface area contributed by atoms with Gasteiger partial charge in [-0.15, -0.1) is 0 Å². The van der Waals surface area contributed by atoms with Crippen LogP contribution >= 0.6 is 23.2 Å². The number of ether oxygens (including phenoxy) is 1. The van der Waals surface area contributed by atoms with Crippen LogP contribution < -0.4 is 11.1 Å². The highest BCUT2D eigenvalue weighted by atomic mass is 35.5. The maximum atomic E-state index is 12.4. The molecule has 1 aliphatic heterocycles. The predicted molar refractivity (Wildman–Crippen MR) is 76.7 cm³/mol. The van der Waals surface area contributed by atoms with E-state index in [4.69, 9.17) is 33.7 Å². The molecule has 1 heterocycles. The largest absolute Gasteiger partial charge is 0.379 e. The first-order valence-electron chi connectivity index (χ1n) is 5.95. The van der Waals surface area contributed by atoms with Crippen LogP contribution in [0.5, 0.6) is 0 Å². The van der Waals surface area contributed by atoms with Gasteiger partial charge in [-0.1, -0.05) is 29.3 Å². The zero-order valence-electron chi connectivity index (χ0n) is 10.8. The van der Waals surface area contributed by atoms with E-state index in [9.17, 15) is 4.79 Å². The summed E-state index contributed by atoms with van der Waals surface area (Å²) in [5.41, 5.74) is 6.43. The highest BCUT2D eigenvalue weighted by Gasteiger charge is 2.44. The van der Waals surface area contributed by atoms with E-state index in [2.05, 4.69) is 5.32 Å². The van der Waals surface area contributed by atoms with Crippen molar-refractivity contribution in [1.82, 2.24) is 0 Å². The topological polar surface area (TPSA) is 64.3 Å². The molecule has 19 heavy (non-hydrogen) atoms. The number of benzene rings is 1. The summed E-state index contributed by atoms with van der Waals surface area (Å²) >= 11 is 12.2. The predicted octanol–water partition coefficient (Wildman–Crippen LogP) is 2.60. The molecule has 2 rings (SSSR count). The van der Waals surface area contributed by atoms with Crippen molar-refractivity contribution in [2.24, 2.45) is 11.1 Å². The van der Waals surface area contributed by atoms with E-state index in [0.29, 0.717) is 28.9 Å². The third-order valence-corrected chi connectivity index (χ3v) is 4.36. The summed E-state index contributed by atoms with van der Waals surface area (Å²) in [6.45, 7) is 4.29. The van der Waals surface area contributed by atoms with Crippen molar-refractivity contribution < 1.29 is 9.53 Å². The second-order valence-electron chi connectivity index (χ2n) is 5.05. The lowest BCUT2D eigenvalue weighted by Gasteiger charge is -2.26. The minimum Gasteiger partial charge on any atom is -0.379 e. The van der Waals surface area contributed by atoms with Crippen LogP contribution in [0.2, 0.25) is 10.0 Å². The molecule has 2 unspecified atom stereocenters. The number of carbonyl (C=O) groups excluding carboxylic acids is 1. The van der Waals surface area contributed by atoms with Crippen molar-refractivity contribution in [3.05, 3.63) is 27.7 Å². The summed E-state index contributed by atoms with van der Waals surface area (Å²) < 4.78 is 5.26. The summed E-state index contributed by atoms with van der Waals surface area (Å²) in [6, 6.07) is 3.16. The van der Waals surface area contributed by atoms with E-state index in [1.807, 2.05) is 6.92 Å². The van der Waals surface area contributed by atoms with Gasteiger partial charge in [-0.05, 0) is 25.5 Å². The molecule has 0 bridgehead atoms. The molecule has 6 heteroatoms. The Morgan fingerprint density at radius 2 is 2.21 bits per heavy atom. The number of anilines is 1. The summed E-state index contributed by atoms with van der Waals surface area (Å²) in [6.07, 6.45) is 0. The van der Waals surface area contributed by atoms with Crippen LogP contribution in [0.25, 0.3) is 0 Å². The van der Waals surface area contributed by atoms with Crippen molar-refractivity contribution in [2.75, 3.05) is 18.5 Å². The molecule has 2 atom stereocenters. The first kappa shape index (κ1) is 14.6. The number of nitrogens with two attached hydrogens (primary N) is 1. The Morgan fingerprint density at radius 3 is 2.79 bits per heavy atom. The number of rotatable bonds is 2. The number of nitrogens with one attached hydrogen (secondary N) is 1. The monoisotopic (exact) mass is 302 g/mol. The SMILES string of the molecule is Cc1ccc(Cl)c(NC(=O)C2(C)COCC2N)c1Cl. The van der Waals surface area contributed by atoms with Crippen LogP contribution in [-0.2, 0) is 9.53 Å². The number of carbonyl (C=O) groups is 1.